The molecule has 4 nitrogen and oxygen atoms in total. The van der Waals surface area contributed by atoms with Crippen LogP contribution < -0.4 is 5.32 Å². The first-order chi connectivity index (χ1) is 9.99. The number of aliphatic hydroxyl groups excluding tert-OH is 1. The van der Waals surface area contributed by atoms with E-state index in [-0.39, 0.29) is 18.4 Å². The van der Waals surface area contributed by atoms with E-state index in [1.165, 1.54) is 0 Å². The van der Waals surface area contributed by atoms with Crippen LogP contribution >= 0.6 is 11.3 Å². The van der Waals surface area contributed by atoms with Gasteiger partial charge in [-0.05, 0) is 36.4 Å². The highest BCUT2D eigenvalue weighted by Crippen LogP contribution is 2.21. The number of pyridine rings is 1. The number of aryl methyl sites for hydroxylation is 1. The van der Waals surface area contributed by atoms with Gasteiger partial charge in [-0.15, -0.1) is 0 Å². The van der Waals surface area contributed by atoms with Gasteiger partial charge in [-0.2, -0.15) is 11.3 Å². The maximum atomic E-state index is 12.1. The summed E-state index contributed by atoms with van der Waals surface area (Å²) in [6.07, 6.45) is -0.535. The Hall–Kier alpha value is -1.72. The molecular weight excluding hydrogens is 284 g/mol. The monoisotopic (exact) mass is 304 g/mol. The highest BCUT2D eigenvalue weighted by atomic mass is 32.1. The van der Waals surface area contributed by atoms with Crippen LogP contribution in [0.5, 0.6) is 0 Å². The number of aromatic nitrogens is 1. The highest BCUT2D eigenvalue weighted by molar-refractivity contribution is 7.08. The third kappa shape index (κ3) is 3.89. The van der Waals surface area contributed by atoms with Gasteiger partial charge in [-0.1, -0.05) is 13.8 Å². The van der Waals surface area contributed by atoms with Crippen molar-refractivity contribution in [3.05, 3.63) is 40.2 Å². The Morgan fingerprint density at radius 1 is 1.38 bits per heavy atom. The molecule has 2 aromatic rings. The first-order valence-electron chi connectivity index (χ1n) is 6.95. The maximum absolute atomic E-state index is 12.1. The van der Waals surface area contributed by atoms with Crippen molar-refractivity contribution in [3.63, 3.8) is 0 Å². The number of nitrogens with zero attached hydrogens (tertiary/aromatic N) is 1. The van der Waals surface area contributed by atoms with Crippen LogP contribution in [-0.4, -0.2) is 28.6 Å². The van der Waals surface area contributed by atoms with Crippen LogP contribution in [0.15, 0.2) is 29.0 Å². The summed E-state index contributed by atoms with van der Waals surface area (Å²) in [5.41, 5.74) is 3.16. The van der Waals surface area contributed by atoms with Crippen molar-refractivity contribution in [2.24, 2.45) is 5.92 Å². The summed E-state index contributed by atoms with van der Waals surface area (Å²) in [6, 6.07) is 5.64. The normalized spacial score (nSPS) is 12.4. The summed E-state index contributed by atoms with van der Waals surface area (Å²) in [4.78, 5) is 16.6. The minimum absolute atomic E-state index is 0.116. The van der Waals surface area contributed by atoms with Gasteiger partial charge in [-0.25, -0.2) is 0 Å². The lowest BCUT2D eigenvalue weighted by Crippen LogP contribution is -2.35. The van der Waals surface area contributed by atoms with E-state index in [2.05, 4.69) is 10.3 Å². The molecule has 21 heavy (non-hydrogen) atoms. The smallest absolute Gasteiger partial charge is 0.253 e. The fourth-order valence-corrected chi connectivity index (χ4v) is 2.55. The van der Waals surface area contributed by atoms with Crippen molar-refractivity contribution in [1.82, 2.24) is 10.3 Å². The van der Waals surface area contributed by atoms with E-state index >= 15 is 0 Å². The standard InChI is InChI=1S/C16H20N2O2S/c1-10(2)15(19)8-17-16(20)13-4-5-14(18-11(13)3)12-6-7-21-9-12/h4-7,9-10,15,19H,8H2,1-3H3,(H,17,20). The number of carbonyl (C=O) groups excluding carboxylic acids is 1. The molecule has 1 atom stereocenters. The van der Waals surface area contributed by atoms with Gasteiger partial charge in [0.1, 0.15) is 0 Å². The molecule has 1 amide bonds. The van der Waals surface area contributed by atoms with Gasteiger partial charge < -0.3 is 10.4 Å². The van der Waals surface area contributed by atoms with Crippen LogP contribution in [0.3, 0.4) is 0 Å². The number of aliphatic hydroxyl groups is 1. The Bertz CT molecular complexity index is 609. The second kappa shape index (κ2) is 6.83. The molecule has 0 saturated heterocycles. The van der Waals surface area contributed by atoms with Crippen molar-refractivity contribution in [1.29, 1.82) is 0 Å². The first kappa shape index (κ1) is 15.7. The van der Waals surface area contributed by atoms with Gasteiger partial charge in [0.15, 0.2) is 0 Å². The lowest BCUT2D eigenvalue weighted by molar-refractivity contribution is 0.0870. The number of hydrogen-bond acceptors (Lipinski definition) is 4. The van der Waals surface area contributed by atoms with Gasteiger partial charge in [-0.3, -0.25) is 9.78 Å². The topological polar surface area (TPSA) is 62.2 Å². The van der Waals surface area contributed by atoms with Crippen molar-refractivity contribution in [3.8, 4) is 11.3 Å². The molecule has 2 rings (SSSR count). The third-order valence-corrected chi connectivity index (χ3v) is 4.07. The van der Waals surface area contributed by atoms with Crippen molar-refractivity contribution < 1.29 is 9.90 Å². The largest absolute Gasteiger partial charge is 0.391 e. The summed E-state index contributed by atoms with van der Waals surface area (Å²) < 4.78 is 0. The SMILES string of the molecule is Cc1nc(-c2ccsc2)ccc1C(=O)NCC(O)C(C)C. The average molecular weight is 304 g/mol. The quantitative estimate of drug-likeness (QED) is 0.893. The van der Waals surface area contributed by atoms with Crippen LogP contribution in [0.4, 0.5) is 0 Å². The molecular formula is C16H20N2O2S. The number of nitrogens with one attached hydrogen (secondary N) is 1. The molecule has 5 heteroatoms. The maximum Gasteiger partial charge on any atom is 0.253 e. The minimum Gasteiger partial charge on any atom is -0.391 e. The van der Waals surface area contributed by atoms with Gasteiger partial charge in [0, 0.05) is 17.5 Å². The summed E-state index contributed by atoms with van der Waals surface area (Å²) in [6.45, 7) is 5.91. The Morgan fingerprint density at radius 2 is 2.14 bits per heavy atom. The summed E-state index contributed by atoms with van der Waals surface area (Å²) >= 11 is 1.62. The van der Waals surface area contributed by atoms with Crippen LogP contribution in [0, 0.1) is 12.8 Å². The number of rotatable bonds is 5. The van der Waals surface area contributed by atoms with Crippen molar-refractivity contribution in [2.75, 3.05) is 6.54 Å². The third-order valence-electron chi connectivity index (χ3n) is 3.39. The van der Waals surface area contributed by atoms with Gasteiger partial charge in [0.2, 0.25) is 0 Å². The molecule has 112 valence electrons. The number of amides is 1. The summed E-state index contributed by atoms with van der Waals surface area (Å²) in [5.74, 6) is -0.0814. The second-order valence-electron chi connectivity index (χ2n) is 5.36. The van der Waals surface area contributed by atoms with E-state index in [0.29, 0.717) is 11.3 Å². The zero-order chi connectivity index (χ0) is 15.4. The predicted octanol–water partition coefficient (Wildman–Crippen LogP) is 2.87. The lowest BCUT2D eigenvalue weighted by atomic mass is 10.1. The van der Waals surface area contributed by atoms with Crippen molar-refractivity contribution >= 4 is 17.2 Å². The van der Waals surface area contributed by atoms with Crippen LogP contribution in [0.1, 0.15) is 29.9 Å². The molecule has 2 heterocycles. The van der Waals surface area contributed by atoms with E-state index in [9.17, 15) is 9.90 Å². The van der Waals surface area contributed by atoms with Crippen molar-refractivity contribution in [2.45, 2.75) is 26.9 Å². The fraction of sp³-hybridized carbons (Fsp3) is 0.375. The molecule has 0 aliphatic rings. The molecule has 1 unspecified atom stereocenters. The summed E-state index contributed by atoms with van der Waals surface area (Å²) in [7, 11) is 0. The lowest BCUT2D eigenvalue weighted by Gasteiger charge is -2.15. The second-order valence-corrected chi connectivity index (χ2v) is 6.14. The highest BCUT2D eigenvalue weighted by Gasteiger charge is 2.14. The minimum atomic E-state index is -0.535. The molecule has 0 bridgehead atoms. The van der Waals surface area contributed by atoms with Crippen LogP contribution in [0.25, 0.3) is 11.3 Å². The fourth-order valence-electron chi connectivity index (χ4n) is 1.90. The molecule has 0 aliphatic carbocycles. The summed E-state index contributed by atoms with van der Waals surface area (Å²) in [5, 5.41) is 16.5. The number of hydrogen-bond donors (Lipinski definition) is 2. The Morgan fingerprint density at radius 3 is 2.71 bits per heavy atom. The first-order valence-corrected chi connectivity index (χ1v) is 7.89. The van der Waals surface area contributed by atoms with Gasteiger partial charge >= 0.3 is 0 Å². The molecule has 0 aromatic carbocycles. The molecule has 0 aliphatic heterocycles. The van der Waals surface area contributed by atoms with E-state index < -0.39 is 6.10 Å². The number of thiophene rings is 1. The Labute approximate surface area is 128 Å². The van der Waals surface area contributed by atoms with Gasteiger partial charge in [0.25, 0.3) is 5.91 Å². The zero-order valence-electron chi connectivity index (χ0n) is 12.5. The van der Waals surface area contributed by atoms with Crippen LogP contribution in [-0.2, 0) is 0 Å². The molecule has 0 fully saturated rings. The van der Waals surface area contributed by atoms with E-state index in [4.69, 9.17) is 0 Å². The molecule has 2 N–H and O–H groups in total. The molecule has 0 spiro atoms. The molecule has 0 saturated carbocycles. The Balaban J connectivity index is 2.08. The zero-order valence-corrected chi connectivity index (χ0v) is 13.3. The predicted molar refractivity (Wildman–Crippen MR) is 85.5 cm³/mol. The van der Waals surface area contributed by atoms with E-state index in [1.54, 1.807) is 17.4 Å². The van der Waals surface area contributed by atoms with E-state index in [0.717, 1.165) is 11.3 Å². The van der Waals surface area contributed by atoms with Crippen LogP contribution in [0.2, 0.25) is 0 Å². The molecule has 0 radical (unpaired) electrons. The van der Waals surface area contributed by atoms with E-state index in [1.807, 2.05) is 43.7 Å². The molecule has 2 aromatic heterocycles. The number of carbonyl (C=O) groups is 1. The van der Waals surface area contributed by atoms with Gasteiger partial charge in [0.05, 0.1) is 23.1 Å². The Kier molecular flexibility index (Phi) is 5.09. The average Bonchev–Trinajstić information content (AvgIpc) is 2.98.